The Morgan fingerprint density at radius 1 is 1.12 bits per heavy atom. The molecule has 1 aliphatic rings. The third-order valence-corrected chi connectivity index (χ3v) is 6.75. The fourth-order valence-electron chi connectivity index (χ4n) is 4.76. The first-order chi connectivity index (χ1) is 16.5. The molecule has 0 radical (unpaired) electrons. The van der Waals surface area contributed by atoms with Gasteiger partial charge in [0.2, 0.25) is 0 Å². The molecule has 1 aliphatic carbocycles. The number of amides is 1. The lowest BCUT2D eigenvalue weighted by Gasteiger charge is -2.28. The van der Waals surface area contributed by atoms with Crippen LogP contribution < -0.4 is 10.9 Å². The fraction of sp³-hybridized carbons (Fsp3) is 0.259. The molecule has 4 aromatic rings. The minimum absolute atomic E-state index is 0.136. The largest absolute Gasteiger partial charge is 0.472 e. The zero-order valence-corrected chi connectivity index (χ0v) is 18.7. The number of benzene rings is 2. The Balaban J connectivity index is 1.55. The molecule has 174 valence electrons. The highest BCUT2D eigenvalue weighted by Crippen LogP contribution is 2.39. The first-order valence-corrected chi connectivity index (χ1v) is 11.3. The number of halogens is 2. The monoisotopic (exact) mass is 462 g/mol. The molecule has 1 fully saturated rings. The Morgan fingerprint density at radius 3 is 2.59 bits per heavy atom. The second-order valence-electron chi connectivity index (χ2n) is 8.77. The molecule has 1 N–H and O–H groups in total. The first-order valence-electron chi connectivity index (χ1n) is 11.3. The normalized spacial score (nSPS) is 13.7. The molecule has 0 aliphatic heterocycles. The van der Waals surface area contributed by atoms with E-state index in [1.165, 1.54) is 35.3 Å². The van der Waals surface area contributed by atoms with Crippen molar-refractivity contribution in [2.75, 3.05) is 0 Å². The number of carbonyl (C=O) groups excluding carboxylic acids is 1. The Labute approximate surface area is 195 Å². The summed E-state index contributed by atoms with van der Waals surface area (Å²) in [7, 11) is 0. The van der Waals surface area contributed by atoms with Crippen molar-refractivity contribution in [3.8, 4) is 0 Å². The summed E-state index contributed by atoms with van der Waals surface area (Å²) in [6.45, 7) is 1.95. The van der Waals surface area contributed by atoms with Crippen LogP contribution in [0.25, 0.3) is 10.8 Å². The van der Waals surface area contributed by atoms with Gasteiger partial charge in [-0.25, -0.2) is 8.78 Å². The minimum Gasteiger partial charge on any atom is -0.472 e. The van der Waals surface area contributed by atoms with E-state index in [1.807, 2.05) is 6.07 Å². The Bertz CT molecular complexity index is 1440. The van der Waals surface area contributed by atoms with Gasteiger partial charge in [-0.2, -0.15) is 0 Å². The van der Waals surface area contributed by atoms with E-state index in [-0.39, 0.29) is 41.2 Å². The summed E-state index contributed by atoms with van der Waals surface area (Å²) in [6.07, 6.45) is 5.93. The molecule has 5 nitrogen and oxygen atoms in total. The zero-order valence-electron chi connectivity index (χ0n) is 18.7. The van der Waals surface area contributed by atoms with E-state index < -0.39 is 17.3 Å². The van der Waals surface area contributed by atoms with Crippen molar-refractivity contribution < 1.29 is 18.0 Å². The van der Waals surface area contributed by atoms with Gasteiger partial charge in [0.15, 0.2) is 0 Å². The van der Waals surface area contributed by atoms with Gasteiger partial charge in [-0.15, -0.1) is 0 Å². The van der Waals surface area contributed by atoms with E-state index in [1.54, 1.807) is 25.1 Å². The number of nitrogens with one attached hydrogen (secondary N) is 1. The average Bonchev–Trinajstić information content (AvgIpc) is 3.29. The summed E-state index contributed by atoms with van der Waals surface area (Å²) < 4.78 is 35.8. The van der Waals surface area contributed by atoms with Crippen molar-refractivity contribution in [3.05, 3.63) is 105 Å². The first kappa shape index (κ1) is 22.1. The Hall–Kier alpha value is -3.74. The number of hydrogen-bond acceptors (Lipinski definition) is 3. The predicted octanol–water partition coefficient (Wildman–Crippen LogP) is 5.43. The summed E-state index contributed by atoms with van der Waals surface area (Å²) >= 11 is 0. The van der Waals surface area contributed by atoms with Gasteiger partial charge >= 0.3 is 0 Å². The van der Waals surface area contributed by atoms with Crippen LogP contribution in [-0.2, 0) is 13.1 Å². The van der Waals surface area contributed by atoms with E-state index in [0.717, 1.165) is 30.4 Å². The van der Waals surface area contributed by atoms with E-state index in [0.29, 0.717) is 11.3 Å². The number of furan rings is 1. The summed E-state index contributed by atoms with van der Waals surface area (Å²) in [5.74, 6) is -1.22. The fourth-order valence-corrected chi connectivity index (χ4v) is 4.76. The number of fused-ring (bicyclic) bond motifs is 1. The van der Waals surface area contributed by atoms with Crippen molar-refractivity contribution >= 4 is 16.7 Å². The molecule has 34 heavy (non-hydrogen) atoms. The zero-order chi connectivity index (χ0) is 23.8. The molecule has 1 amide bonds. The summed E-state index contributed by atoms with van der Waals surface area (Å²) in [4.78, 5) is 26.6. The smallest absolute Gasteiger partial charge is 0.261 e. The summed E-state index contributed by atoms with van der Waals surface area (Å²) in [5, 5.41) is 3.00. The van der Waals surface area contributed by atoms with Gasteiger partial charge in [0.1, 0.15) is 11.6 Å². The number of rotatable bonds is 6. The maximum Gasteiger partial charge on any atom is 0.261 e. The topological polar surface area (TPSA) is 64.2 Å². The predicted molar refractivity (Wildman–Crippen MR) is 125 cm³/mol. The van der Waals surface area contributed by atoms with Crippen molar-refractivity contribution in [3.63, 3.8) is 0 Å². The van der Waals surface area contributed by atoms with Gasteiger partial charge in [0.25, 0.3) is 11.5 Å². The molecule has 1 saturated carbocycles. The van der Waals surface area contributed by atoms with Crippen LogP contribution in [0.4, 0.5) is 8.78 Å². The average molecular weight is 462 g/mol. The Kier molecular flexibility index (Phi) is 5.77. The lowest BCUT2D eigenvalue weighted by Crippen LogP contribution is -2.31. The van der Waals surface area contributed by atoms with Crippen LogP contribution in [0.5, 0.6) is 0 Å². The van der Waals surface area contributed by atoms with Gasteiger partial charge in [0.05, 0.1) is 30.0 Å². The van der Waals surface area contributed by atoms with Crippen LogP contribution in [0.3, 0.4) is 0 Å². The second-order valence-corrected chi connectivity index (χ2v) is 8.77. The number of pyridine rings is 1. The van der Waals surface area contributed by atoms with Gasteiger partial charge in [-0.05, 0) is 55.0 Å². The maximum atomic E-state index is 14.8. The van der Waals surface area contributed by atoms with E-state index in [4.69, 9.17) is 4.42 Å². The maximum absolute atomic E-state index is 14.8. The molecule has 2 aromatic carbocycles. The van der Waals surface area contributed by atoms with Crippen LogP contribution >= 0.6 is 0 Å². The van der Waals surface area contributed by atoms with E-state index >= 15 is 0 Å². The van der Waals surface area contributed by atoms with Crippen LogP contribution in [0.15, 0.2) is 64.2 Å². The highest BCUT2D eigenvalue weighted by atomic mass is 19.1. The third kappa shape index (κ3) is 3.81. The van der Waals surface area contributed by atoms with Gasteiger partial charge in [-0.3, -0.25) is 9.59 Å². The van der Waals surface area contributed by atoms with Crippen LogP contribution in [0, 0.1) is 18.6 Å². The lowest BCUT2D eigenvalue weighted by atomic mass is 9.78. The van der Waals surface area contributed by atoms with Crippen LogP contribution in [-0.4, -0.2) is 10.5 Å². The van der Waals surface area contributed by atoms with Crippen molar-refractivity contribution in [1.29, 1.82) is 0 Å². The summed E-state index contributed by atoms with van der Waals surface area (Å²) in [5.41, 5.74) is 2.24. The molecular formula is C27H24F2N2O3. The molecule has 2 heterocycles. The lowest BCUT2D eigenvalue weighted by molar-refractivity contribution is 0.0950. The van der Waals surface area contributed by atoms with E-state index in [9.17, 15) is 18.4 Å². The molecule has 5 rings (SSSR count). The van der Waals surface area contributed by atoms with Crippen molar-refractivity contribution in [2.24, 2.45) is 0 Å². The number of carbonyl (C=O) groups is 1. The number of nitrogens with zero attached hydrogens (tertiary/aromatic N) is 1. The van der Waals surface area contributed by atoms with Gasteiger partial charge in [0, 0.05) is 23.2 Å². The molecule has 7 heteroatoms. The minimum atomic E-state index is -0.685. The Morgan fingerprint density at radius 2 is 1.88 bits per heavy atom. The molecule has 0 saturated heterocycles. The molecule has 0 bridgehead atoms. The third-order valence-electron chi connectivity index (χ3n) is 6.75. The quantitative estimate of drug-likeness (QED) is 0.416. The molecule has 0 atom stereocenters. The number of hydrogen-bond donors (Lipinski definition) is 1. The van der Waals surface area contributed by atoms with Crippen LogP contribution in [0.1, 0.15) is 57.9 Å². The molecule has 0 unspecified atom stereocenters. The SMILES string of the molecule is Cc1c(C(=O)NCc2cccc(F)c2C2CCC2)c2cccc(F)c2c(=O)n1Cc1ccoc1. The van der Waals surface area contributed by atoms with Crippen molar-refractivity contribution in [2.45, 2.75) is 45.2 Å². The second kappa shape index (κ2) is 8.89. The van der Waals surface area contributed by atoms with Crippen molar-refractivity contribution in [1.82, 2.24) is 9.88 Å². The number of aromatic nitrogens is 1. The standard InChI is InChI=1S/C27H24F2N2O3/c1-16-23(26(32)30-13-19-7-3-9-21(28)24(19)18-5-2-6-18)20-8-4-10-22(29)25(20)27(33)31(16)14-17-11-12-34-15-17/h3-4,7-12,15,18H,2,5-6,13-14H2,1H3,(H,30,32). The van der Waals surface area contributed by atoms with Crippen LogP contribution in [0.2, 0.25) is 0 Å². The molecule has 2 aromatic heterocycles. The highest BCUT2D eigenvalue weighted by molar-refractivity contribution is 6.07. The van der Waals surface area contributed by atoms with Gasteiger partial charge < -0.3 is 14.3 Å². The molecular weight excluding hydrogens is 438 g/mol. The van der Waals surface area contributed by atoms with Gasteiger partial charge in [-0.1, -0.05) is 30.7 Å². The van der Waals surface area contributed by atoms with E-state index in [2.05, 4.69) is 5.32 Å². The molecule has 0 spiro atoms. The highest BCUT2D eigenvalue weighted by Gasteiger charge is 2.26. The summed E-state index contributed by atoms with van der Waals surface area (Å²) in [6, 6.07) is 10.9.